The lowest BCUT2D eigenvalue weighted by Gasteiger charge is -2.28. The molecular formula is C20H28ClN3O2. The summed E-state index contributed by atoms with van der Waals surface area (Å²) in [5, 5.41) is 3.67. The Bertz CT molecular complexity index is 646. The van der Waals surface area contributed by atoms with Crippen LogP contribution >= 0.6 is 11.6 Å². The van der Waals surface area contributed by atoms with Gasteiger partial charge in [0.05, 0.1) is 16.6 Å². The van der Waals surface area contributed by atoms with E-state index in [4.69, 9.17) is 11.6 Å². The zero-order chi connectivity index (χ0) is 18.5. The molecule has 3 rings (SSSR count). The molecule has 0 radical (unpaired) electrons. The summed E-state index contributed by atoms with van der Waals surface area (Å²) in [6.45, 7) is 4.81. The standard InChI is InChI=1S/C20H28ClN3O2/c1-15(19(25)22-16-7-2-3-8-16)23-11-6-12-24(14-13-23)20(26)17-9-4-5-10-18(17)21/h4-5,9-10,15-16H,2-3,6-8,11-14H2,1H3,(H,22,25)/t15-/m1/s1. The predicted octanol–water partition coefficient (Wildman–Crippen LogP) is 2.94. The quantitative estimate of drug-likeness (QED) is 0.877. The number of halogens is 1. The van der Waals surface area contributed by atoms with Crippen molar-refractivity contribution in [2.75, 3.05) is 26.2 Å². The second kappa shape index (κ2) is 8.87. The first-order valence-corrected chi connectivity index (χ1v) is 10.0. The molecule has 6 heteroatoms. The van der Waals surface area contributed by atoms with Gasteiger partial charge < -0.3 is 10.2 Å². The normalized spacial score (nSPS) is 20.6. The van der Waals surface area contributed by atoms with Gasteiger partial charge in [0, 0.05) is 32.2 Å². The largest absolute Gasteiger partial charge is 0.352 e. The maximum Gasteiger partial charge on any atom is 0.255 e. The number of hydrogen-bond donors (Lipinski definition) is 1. The number of benzene rings is 1. The summed E-state index contributed by atoms with van der Waals surface area (Å²) in [4.78, 5) is 29.3. The van der Waals surface area contributed by atoms with E-state index in [-0.39, 0.29) is 17.9 Å². The molecule has 1 saturated heterocycles. The van der Waals surface area contributed by atoms with E-state index < -0.39 is 0 Å². The molecule has 1 aromatic rings. The minimum absolute atomic E-state index is 0.0273. The molecule has 0 aromatic heterocycles. The van der Waals surface area contributed by atoms with Crippen molar-refractivity contribution >= 4 is 23.4 Å². The number of carbonyl (C=O) groups is 2. The van der Waals surface area contributed by atoms with Gasteiger partial charge in [-0.25, -0.2) is 0 Å². The Balaban J connectivity index is 1.56. The van der Waals surface area contributed by atoms with Crippen molar-refractivity contribution in [2.45, 2.75) is 51.1 Å². The van der Waals surface area contributed by atoms with E-state index in [1.54, 1.807) is 12.1 Å². The second-order valence-electron chi connectivity index (χ2n) is 7.33. The Morgan fingerprint density at radius 3 is 2.54 bits per heavy atom. The van der Waals surface area contributed by atoms with Gasteiger partial charge in [0.2, 0.25) is 5.91 Å². The molecule has 2 amide bonds. The van der Waals surface area contributed by atoms with E-state index in [1.807, 2.05) is 24.0 Å². The minimum Gasteiger partial charge on any atom is -0.352 e. The van der Waals surface area contributed by atoms with Gasteiger partial charge in [0.25, 0.3) is 5.91 Å². The molecular weight excluding hydrogens is 350 g/mol. The summed E-state index contributed by atoms with van der Waals surface area (Å²) in [6.07, 6.45) is 5.47. The third-order valence-electron chi connectivity index (χ3n) is 5.55. The highest BCUT2D eigenvalue weighted by atomic mass is 35.5. The third kappa shape index (κ3) is 4.57. The first-order chi connectivity index (χ1) is 12.6. The molecule has 1 atom stereocenters. The Hall–Kier alpha value is -1.59. The Morgan fingerprint density at radius 1 is 1.08 bits per heavy atom. The van der Waals surface area contributed by atoms with E-state index in [1.165, 1.54) is 12.8 Å². The van der Waals surface area contributed by atoms with Crippen LogP contribution in [0.1, 0.15) is 49.4 Å². The Morgan fingerprint density at radius 2 is 1.81 bits per heavy atom. The summed E-state index contributed by atoms with van der Waals surface area (Å²) >= 11 is 6.17. The SMILES string of the molecule is C[C@H](C(=O)NC1CCCC1)N1CCCN(C(=O)c2ccccc2Cl)CC1. The molecule has 1 aliphatic carbocycles. The van der Waals surface area contributed by atoms with Crippen molar-refractivity contribution in [1.82, 2.24) is 15.1 Å². The monoisotopic (exact) mass is 377 g/mol. The highest BCUT2D eigenvalue weighted by Gasteiger charge is 2.28. The molecule has 1 aliphatic heterocycles. The molecule has 1 heterocycles. The van der Waals surface area contributed by atoms with Crippen molar-refractivity contribution in [3.05, 3.63) is 34.9 Å². The Kier molecular flexibility index (Phi) is 6.54. The van der Waals surface area contributed by atoms with Crippen LogP contribution in [0.2, 0.25) is 5.02 Å². The van der Waals surface area contributed by atoms with Crippen LogP contribution in [0.3, 0.4) is 0 Å². The fourth-order valence-corrected chi connectivity index (χ4v) is 4.11. The van der Waals surface area contributed by atoms with Crippen LogP contribution < -0.4 is 5.32 Å². The fourth-order valence-electron chi connectivity index (χ4n) is 3.89. The maximum atomic E-state index is 12.8. The Labute approximate surface area is 160 Å². The zero-order valence-electron chi connectivity index (χ0n) is 15.4. The molecule has 1 aromatic carbocycles. The molecule has 142 valence electrons. The van der Waals surface area contributed by atoms with Gasteiger partial charge >= 0.3 is 0 Å². The van der Waals surface area contributed by atoms with Gasteiger partial charge in [-0.1, -0.05) is 36.6 Å². The maximum absolute atomic E-state index is 12.8. The van der Waals surface area contributed by atoms with Gasteiger partial charge in [-0.2, -0.15) is 0 Å². The molecule has 1 saturated carbocycles. The number of nitrogens with one attached hydrogen (secondary N) is 1. The number of amides is 2. The fraction of sp³-hybridized carbons (Fsp3) is 0.600. The van der Waals surface area contributed by atoms with E-state index in [2.05, 4.69) is 10.2 Å². The molecule has 0 spiro atoms. The van der Waals surface area contributed by atoms with Crippen LogP contribution in [0.15, 0.2) is 24.3 Å². The summed E-state index contributed by atoms with van der Waals surface area (Å²) < 4.78 is 0. The van der Waals surface area contributed by atoms with Crippen LogP contribution in [0, 0.1) is 0 Å². The molecule has 0 unspecified atom stereocenters. The summed E-state index contributed by atoms with van der Waals surface area (Å²) in [7, 11) is 0. The first kappa shape index (κ1) is 19.2. The average Bonchev–Trinajstić information content (AvgIpc) is 3.02. The summed E-state index contributed by atoms with van der Waals surface area (Å²) in [5.74, 6) is 0.0864. The molecule has 2 aliphatic rings. The van der Waals surface area contributed by atoms with Crippen LogP contribution in [0.25, 0.3) is 0 Å². The number of nitrogens with zero attached hydrogens (tertiary/aromatic N) is 2. The van der Waals surface area contributed by atoms with Crippen LogP contribution in [0.5, 0.6) is 0 Å². The number of rotatable bonds is 4. The topological polar surface area (TPSA) is 52.7 Å². The van der Waals surface area contributed by atoms with Gasteiger partial charge in [-0.05, 0) is 38.3 Å². The van der Waals surface area contributed by atoms with Gasteiger partial charge in [-0.15, -0.1) is 0 Å². The van der Waals surface area contributed by atoms with Crippen molar-refractivity contribution in [3.8, 4) is 0 Å². The molecule has 1 N–H and O–H groups in total. The van der Waals surface area contributed by atoms with Crippen LogP contribution in [0.4, 0.5) is 0 Å². The molecule has 2 fully saturated rings. The predicted molar refractivity (Wildman–Crippen MR) is 103 cm³/mol. The highest BCUT2D eigenvalue weighted by molar-refractivity contribution is 6.33. The second-order valence-corrected chi connectivity index (χ2v) is 7.73. The summed E-state index contributed by atoms with van der Waals surface area (Å²) in [6, 6.07) is 7.35. The van der Waals surface area contributed by atoms with Crippen molar-refractivity contribution in [3.63, 3.8) is 0 Å². The molecule has 26 heavy (non-hydrogen) atoms. The van der Waals surface area contributed by atoms with E-state index in [9.17, 15) is 9.59 Å². The lowest BCUT2D eigenvalue weighted by atomic mass is 10.2. The van der Waals surface area contributed by atoms with Crippen molar-refractivity contribution in [1.29, 1.82) is 0 Å². The van der Waals surface area contributed by atoms with Crippen LogP contribution in [-0.4, -0.2) is 59.9 Å². The van der Waals surface area contributed by atoms with Gasteiger partial charge in [0.15, 0.2) is 0 Å². The van der Waals surface area contributed by atoms with Crippen molar-refractivity contribution < 1.29 is 9.59 Å². The first-order valence-electron chi connectivity index (χ1n) is 9.64. The lowest BCUT2D eigenvalue weighted by molar-refractivity contribution is -0.126. The molecule has 0 bridgehead atoms. The van der Waals surface area contributed by atoms with Gasteiger partial charge in [0.1, 0.15) is 0 Å². The minimum atomic E-state index is -0.161. The lowest BCUT2D eigenvalue weighted by Crippen LogP contribution is -2.48. The highest BCUT2D eigenvalue weighted by Crippen LogP contribution is 2.20. The molecule has 5 nitrogen and oxygen atoms in total. The number of carbonyl (C=O) groups excluding carboxylic acids is 2. The number of hydrogen-bond acceptors (Lipinski definition) is 3. The summed E-state index contributed by atoms with van der Waals surface area (Å²) in [5.41, 5.74) is 0.551. The smallest absolute Gasteiger partial charge is 0.255 e. The average molecular weight is 378 g/mol. The van der Waals surface area contributed by atoms with E-state index in [0.717, 1.165) is 25.8 Å². The zero-order valence-corrected chi connectivity index (χ0v) is 16.2. The van der Waals surface area contributed by atoms with Crippen LogP contribution in [-0.2, 0) is 4.79 Å². The van der Waals surface area contributed by atoms with Crippen molar-refractivity contribution in [2.24, 2.45) is 0 Å². The third-order valence-corrected chi connectivity index (χ3v) is 5.88. The van der Waals surface area contributed by atoms with E-state index in [0.29, 0.717) is 36.3 Å². The van der Waals surface area contributed by atoms with E-state index >= 15 is 0 Å². The van der Waals surface area contributed by atoms with Gasteiger partial charge in [-0.3, -0.25) is 14.5 Å².